The fourth-order valence-corrected chi connectivity index (χ4v) is 5.12. The molecule has 190 valence electrons. The number of nitrogens with zero attached hydrogens (tertiary/aromatic N) is 2. The number of nitrogens with one attached hydrogen (secondary N) is 1. The van der Waals surface area contributed by atoms with Crippen LogP contribution in [0.2, 0.25) is 0 Å². The van der Waals surface area contributed by atoms with Gasteiger partial charge in [0.25, 0.3) is 0 Å². The highest BCUT2D eigenvalue weighted by Crippen LogP contribution is 2.19. The van der Waals surface area contributed by atoms with E-state index >= 15 is 0 Å². The Morgan fingerprint density at radius 1 is 1.15 bits per heavy atom. The van der Waals surface area contributed by atoms with Gasteiger partial charge in [0.1, 0.15) is 6.04 Å². The van der Waals surface area contributed by atoms with Crippen LogP contribution < -0.4 is 4.72 Å². The molecule has 1 aromatic rings. The predicted molar refractivity (Wildman–Crippen MR) is 128 cm³/mol. The Bertz CT molecular complexity index is 953. The lowest BCUT2D eigenvalue weighted by atomic mass is 9.97. The monoisotopic (exact) mass is 495 g/mol. The molecule has 1 atom stereocenters. The summed E-state index contributed by atoms with van der Waals surface area (Å²) < 4.78 is 33.3. The average molecular weight is 496 g/mol. The van der Waals surface area contributed by atoms with Gasteiger partial charge >= 0.3 is 5.97 Å². The largest absolute Gasteiger partial charge is 0.466 e. The normalized spacial score (nSPS) is 15.8. The number of aryl methyl sites for hydroxylation is 1. The molecule has 1 fully saturated rings. The Balaban J connectivity index is 2.01. The maximum Gasteiger partial charge on any atom is 0.309 e. The number of esters is 1. The van der Waals surface area contributed by atoms with E-state index in [2.05, 4.69) is 4.72 Å². The van der Waals surface area contributed by atoms with E-state index in [4.69, 9.17) is 4.74 Å². The second kappa shape index (κ2) is 12.3. The number of carbonyl (C=O) groups excluding carboxylic acids is 3. The van der Waals surface area contributed by atoms with Crippen molar-refractivity contribution in [2.24, 2.45) is 11.8 Å². The number of hydrogen-bond donors (Lipinski definition) is 1. The van der Waals surface area contributed by atoms with Crippen LogP contribution in [0.15, 0.2) is 29.2 Å². The number of benzene rings is 1. The molecule has 0 spiro atoms. The molecule has 0 bridgehead atoms. The molecule has 1 heterocycles. The lowest BCUT2D eigenvalue weighted by Gasteiger charge is -2.32. The summed E-state index contributed by atoms with van der Waals surface area (Å²) >= 11 is 0. The molecular formula is C24H37N3O6S. The van der Waals surface area contributed by atoms with Gasteiger partial charge in [-0.05, 0) is 51.2 Å². The first-order valence-corrected chi connectivity index (χ1v) is 13.2. The summed E-state index contributed by atoms with van der Waals surface area (Å²) in [6.45, 7) is 8.43. The topological polar surface area (TPSA) is 113 Å². The smallest absolute Gasteiger partial charge is 0.309 e. The number of rotatable bonds is 10. The fraction of sp³-hybridized carbons (Fsp3) is 0.625. The Kier molecular flexibility index (Phi) is 10.1. The molecule has 34 heavy (non-hydrogen) atoms. The van der Waals surface area contributed by atoms with Crippen molar-refractivity contribution in [1.29, 1.82) is 0 Å². The molecule has 1 unspecified atom stereocenters. The van der Waals surface area contributed by atoms with Crippen molar-refractivity contribution in [3.05, 3.63) is 29.8 Å². The van der Waals surface area contributed by atoms with Crippen molar-refractivity contribution in [1.82, 2.24) is 14.5 Å². The van der Waals surface area contributed by atoms with Crippen LogP contribution in [0.25, 0.3) is 0 Å². The molecule has 1 aromatic carbocycles. The van der Waals surface area contributed by atoms with Crippen LogP contribution in [0.5, 0.6) is 0 Å². The minimum absolute atomic E-state index is 0.0562. The van der Waals surface area contributed by atoms with Gasteiger partial charge in [0.05, 0.1) is 24.0 Å². The minimum Gasteiger partial charge on any atom is -0.466 e. The third-order valence-electron chi connectivity index (χ3n) is 5.85. The summed E-state index contributed by atoms with van der Waals surface area (Å²) in [7, 11) is -2.41. The van der Waals surface area contributed by atoms with Gasteiger partial charge in [-0.2, -0.15) is 4.72 Å². The number of carbonyl (C=O) groups is 3. The van der Waals surface area contributed by atoms with Gasteiger partial charge in [0, 0.05) is 20.1 Å². The van der Waals surface area contributed by atoms with Crippen molar-refractivity contribution < 1.29 is 27.5 Å². The first-order valence-electron chi connectivity index (χ1n) is 11.7. The molecule has 2 amide bonds. The van der Waals surface area contributed by atoms with E-state index in [9.17, 15) is 22.8 Å². The molecule has 0 radical (unpaired) electrons. The van der Waals surface area contributed by atoms with Gasteiger partial charge < -0.3 is 14.5 Å². The molecule has 9 nitrogen and oxygen atoms in total. The van der Waals surface area contributed by atoms with E-state index in [0.29, 0.717) is 39.0 Å². The van der Waals surface area contributed by atoms with Crippen LogP contribution in [0, 0.1) is 18.8 Å². The molecular weight excluding hydrogens is 458 g/mol. The van der Waals surface area contributed by atoms with Crippen molar-refractivity contribution in [3.63, 3.8) is 0 Å². The molecule has 0 aromatic heterocycles. The summed E-state index contributed by atoms with van der Waals surface area (Å²) in [5.74, 6) is -1.09. The van der Waals surface area contributed by atoms with E-state index in [-0.39, 0.29) is 35.2 Å². The van der Waals surface area contributed by atoms with Gasteiger partial charge in [-0.3, -0.25) is 14.4 Å². The van der Waals surface area contributed by atoms with Crippen LogP contribution in [0.4, 0.5) is 0 Å². The van der Waals surface area contributed by atoms with Gasteiger partial charge in [-0.1, -0.05) is 31.5 Å². The number of ether oxygens (including phenoxy) is 1. The van der Waals surface area contributed by atoms with E-state index in [1.807, 2.05) is 20.8 Å². The third-order valence-corrected chi connectivity index (χ3v) is 7.34. The third kappa shape index (κ3) is 7.80. The molecule has 10 heteroatoms. The number of piperidine rings is 1. The van der Waals surface area contributed by atoms with E-state index in [1.165, 1.54) is 24.1 Å². The van der Waals surface area contributed by atoms with Crippen molar-refractivity contribution in [2.75, 3.05) is 33.3 Å². The quantitative estimate of drug-likeness (QED) is 0.497. The molecule has 2 rings (SSSR count). The van der Waals surface area contributed by atoms with Crippen LogP contribution in [-0.4, -0.2) is 75.3 Å². The zero-order chi connectivity index (χ0) is 25.5. The van der Waals surface area contributed by atoms with Crippen molar-refractivity contribution >= 4 is 27.8 Å². The molecule has 1 N–H and O–H groups in total. The fourth-order valence-electron chi connectivity index (χ4n) is 3.92. The van der Waals surface area contributed by atoms with Crippen LogP contribution in [0.3, 0.4) is 0 Å². The predicted octanol–water partition coefficient (Wildman–Crippen LogP) is 1.95. The highest BCUT2D eigenvalue weighted by atomic mass is 32.2. The van der Waals surface area contributed by atoms with E-state index < -0.39 is 22.0 Å². The van der Waals surface area contributed by atoms with Crippen molar-refractivity contribution in [2.45, 2.75) is 57.9 Å². The average Bonchev–Trinajstić information content (AvgIpc) is 2.78. The summed E-state index contributed by atoms with van der Waals surface area (Å²) in [5, 5.41) is 0. The van der Waals surface area contributed by atoms with Gasteiger partial charge in [0.15, 0.2) is 0 Å². The maximum absolute atomic E-state index is 13.1. The van der Waals surface area contributed by atoms with Gasteiger partial charge in [0.2, 0.25) is 21.8 Å². The highest BCUT2D eigenvalue weighted by molar-refractivity contribution is 7.89. The zero-order valence-corrected chi connectivity index (χ0v) is 21.6. The van der Waals surface area contributed by atoms with E-state index in [0.717, 1.165) is 5.56 Å². The standard InChI is InChI=1S/C24H37N3O6S/c1-6-33-24(30)19-11-13-27(14-12-19)22(28)16-26(5)23(29)21(15-17(2)3)25-34(31,32)20-9-7-18(4)8-10-20/h7-10,17,19,21,25H,6,11-16H2,1-5H3. The Labute approximate surface area is 202 Å². The highest BCUT2D eigenvalue weighted by Gasteiger charge is 2.32. The summed E-state index contributed by atoms with van der Waals surface area (Å²) in [4.78, 5) is 40.8. The summed E-state index contributed by atoms with van der Waals surface area (Å²) in [6.07, 6.45) is 1.34. The number of likely N-dealkylation sites (tertiary alicyclic amines) is 1. The molecule has 1 aliphatic rings. The molecule has 0 aliphatic carbocycles. The number of amides is 2. The Morgan fingerprint density at radius 2 is 1.74 bits per heavy atom. The number of hydrogen-bond acceptors (Lipinski definition) is 6. The second-order valence-corrected chi connectivity index (χ2v) is 10.9. The van der Waals surface area contributed by atoms with E-state index in [1.54, 1.807) is 24.0 Å². The summed E-state index contributed by atoms with van der Waals surface area (Å²) in [6, 6.07) is 5.41. The van der Waals surface area contributed by atoms with Gasteiger partial charge in [-0.15, -0.1) is 0 Å². The van der Waals surface area contributed by atoms with Crippen LogP contribution >= 0.6 is 0 Å². The lowest BCUT2D eigenvalue weighted by Crippen LogP contribution is -2.51. The minimum atomic E-state index is -3.91. The van der Waals surface area contributed by atoms with Crippen LogP contribution in [-0.2, 0) is 29.1 Å². The summed E-state index contributed by atoms with van der Waals surface area (Å²) in [5.41, 5.74) is 0.929. The molecule has 1 aliphatic heterocycles. The van der Waals surface area contributed by atoms with Gasteiger partial charge in [-0.25, -0.2) is 8.42 Å². The van der Waals surface area contributed by atoms with Crippen LogP contribution in [0.1, 0.15) is 45.6 Å². The molecule has 1 saturated heterocycles. The first-order chi connectivity index (χ1) is 15.9. The zero-order valence-electron chi connectivity index (χ0n) is 20.7. The molecule has 0 saturated carbocycles. The number of likely N-dealkylation sites (N-methyl/N-ethyl adjacent to an activating group) is 1. The maximum atomic E-state index is 13.1. The Hall–Kier alpha value is -2.46. The van der Waals surface area contributed by atoms with Crippen molar-refractivity contribution in [3.8, 4) is 0 Å². The number of sulfonamides is 1. The SMILES string of the molecule is CCOC(=O)C1CCN(C(=O)CN(C)C(=O)C(CC(C)C)NS(=O)(=O)c2ccc(C)cc2)CC1. The lowest BCUT2D eigenvalue weighted by molar-refractivity contribution is -0.151. The Morgan fingerprint density at radius 3 is 2.26 bits per heavy atom. The first kappa shape index (κ1) is 27.8. The second-order valence-electron chi connectivity index (χ2n) is 9.22.